The van der Waals surface area contributed by atoms with Gasteiger partial charge in [0, 0.05) is 0 Å². The third kappa shape index (κ3) is 3.75. The Kier molecular flexibility index (Phi) is 5.74. The van der Waals surface area contributed by atoms with Crippen LogP contribution in [0.3, 0.4) is 0 Å². The number of rotatable bonds is 6. The van der Waals surface area contributed by atoms with E-state index < -0.39 is 16.1 Å². The van der Waals surface area contributed by atoms with Crippen molar-refractivity contribution >= 4 is 50.2 Å². The molecule has 1 aromatic heterocycles. The van der Waals surface area contributed by atoms with Crippen molar-refractivity contribution in [2.45, 2.75) is 24.3 Å². The molecule has 0 amide bonds. The summed E-state index contributed by atoms with van der Waals surface area (Å²) in [7, 11) is -3.90. The quantitative estimate of drug-likeness (QED) is 0.824. The van der Waals surface area contributed by atoms with Gasteiger partial charge in [-0.15, -0.1) is 11.3 Å². The lowest BCUT2D eigenvalue weighted by atomic mass is 10.2. The van der Waals surface area contributed by atoms with E-state index in [4.69, 9.17) is 23.2 Å². The number of anilines is 1. The summed E-state index contributed by atoms with van der Waals surface area (Å²) in [5.74, 6) is 0. The third-order valence-electron chi connectivity index (χ3n) is 3.09. The molecule has 0 saturated heterocycles. The molecule has 1 atom stereocenters. The van der Waals surface area contributed by atoms with Gasteiger partial charge in [0.05, 0.1) is 22.7 Å². The molecular formula is C14H15Cl2NO3S2. The molecule has 0 aliphatic heterocycles. The monoisotopic (exact) mass is 379 g/mol. The molecule has 4 nitrogen and oxygen atoms in total. The van der Waals surface area contributed by atoms with Crippen LogP contribution in [0.25, 0.3) is 0 Å². The lowest BCUT2D eigenvalue weighted by molar-refractivity contribution is 0.179. The molecule has 8 heteroatoms. The Bertz CT molecular complexity index is 732. The molecule has 120 valence electrons. The fourth-order valence-corrected chi connectivity index (χ4v) is 5.49. The maximum atomic E-state index is 12.9. The van der Waals surface area contributed by atoms with E-state index in [0.717, 1.165) is 15.6 Å². The van der Waals surface area contributed by atoms with Gasteiger partial charge in [-0.05, 0) is 24.6 Å². The van der Waals surface area contributed by atoms with E-state index in [1.54, 1.807) is 37.3 Å². The normalized spacial score (nSPS) is 13.1. The summed E-state index contributed by atoms with van der Waals surface area (Å²) in [5, 5.41) is 9.91. The molecule has 0 spiro atoms. The highest BCUT2D eigenvalue weighted by Crippen LogP contribution is 2.37. The summed E-state index contributed by atoms with van der Waals surface area (Å²) in [6.07, 6.45) is -0.334. The number of halogens is 2. The van der Waals surface area contributed by atoms with Crippen molar-refractivity contribution in [3.05, 3.63) is 45.1 Å². The number of benzene rings is 1. The number of thiophene rings is 1. The highest BCUT2D eigenvalue weighted by molar-refractivity contribution is 7.93. The number of para-hydroxylation sites is 1. The molecule has 2 aromatic rings. The molecule has 0 saturated carbocycles. The van der Waals surface area contributed by atoms with Crippen LogP contribution in [0.4, 0.5) is 5.69 Å². The van der Waals surface area contributed by atoms with Gasteiger partial charge in [0.15, 0.2) is 0 Å². The Labute approximate surface area is 144 Å². The summed E-state index contributed by atoms with van der Waals surface area (Å²) >= 11 is 12.9. The molecular weight excluding hydrogens is 365 g/mol. The van der Waals surface area contributed by atoms with Crippen LogP contribution in [0.15, 0.2) is 41.3 Å². The number of nitrogens with zero attached hydrogens (tertiary/aromatic N) is 1. The third-order valence-corrected chi connectivity index (χ3v) is 6.63. The first-order valence-electron chi connectivity index (χ1n) is 6.57. The van der Waals surface area contributed by atoms with E-state index in [0.29, 0.717) is 16.4 Å². The van der Waals surface area contributed by atoms with Gasteiger partial charge in [-0.1, -0.05) is 48.3 Å². The van der Waals surface area contributed by atoms with Crippen LogP contribution < -0.4 is 4.31 Å². The summed E-state index contributed by atoms with van der Waals surface area (Å²) in [5.41, 5.74) is 0.466. The van der Waals surface area contributed by atoms with Crippen molar-refractivity contribution < 1.29 is 13.5 Å². The predicted molar refractivity (Wildman–Crippen MR) is 91.6 cm³/mol. The summed E-state index contributed by atoms with van der Waals surface area (Å²) < 4.78 is 27.4. The van der Waals surface area contributed by atoms with Crippen molar-refractivity contribution in [2.24, 2.45) is 0 Å². The van der Waals surface area contributed by atoms with Crippen molar-refractivity contribution in [2.75, 3.05) is 10.8 Å². The number of sulfonamides is 1. The maximum Gasteiger partial charge on any atom is 0.266 e. The van der Waals surface area contributed by atoms with Gasteiger partial charge in [0.1, 0.15) is 9.23 Å². The van der Waals surface area contributed by atoms with E-state index in [-0.39, 0.29) is 15.8 Å². The SMILES string of the molecule is CCC(O)CN(c1ccccc1)S(=O)(=O)c1cc(Cl)sc1Cl. The molecule has 1 aromatic carbocycles. The largest absolute Gasteiger partial charge is 0.391 e. The first-order valence-corrected chi connectivity index (χ1v) is 9.58. The number of hydrogen-bond acceptors (Lipinski definition) is 4. The molecule has 22 heavy (non-hydrogen) atoms. The van der Waals surface area contributed by atoms with Gasteiger partial charge < -0.3 is 5.11 Å². The van der Waals surface area contributed by atoms with Gasteiger partial charge in [0.25, 0.3) is 10.0 Å². The average Bonchev–Trinajstić information content (AvgIpc) is 2.84. The van der Waals surface area contributed by atoms with Crippen LogP contribution >= 0.6 is 34.5 Å². The standard InChI is InChI=1S/C14H15Cl2NO3S2/c1-2-11(18)9-17(10-6-4-3-5-7-10)22(19,20)12-8-13(15)21-14(12)16/h3-8,11,18H,2,9H2,1H3. The van der Waals surface area contributed by atoms with Crippen LogP contribution in [-0.4, -0.2) is 26.2 Å². The predicted octanol–water partition coefficient (Wildman–Crippen LogP) is 4.02. The van der Waals surface area contributed by atoms with Gasteiger partial charge >= 0.3 is 0 Å². The lowest BCUT2D eigenvalue weighted by Gasteiger charge is -2.26. The fraction of sp³-hybridized carbons (Fsp3) is 0.286. The second-order valence-electron chi connectivity index (χ2n) is 4.62. The Hall–Kier alpha value is -0.790. The lowest BCUT2D eigenvalue weighted by Crippen LogP contribution is -2.37. The smallest absolute Gasteiger partial charge is 0.266 e. The van der Waals surface area contributed by atoms with Crippen molar-refractivity contribution in [3.63, 3.8) is 0 Å². The molecule has 0 radical (unpaired) electrons. The van der Waals surface area contributed by atoms with E-state index in [1.807, 2.05) is 0 Å². The molecule has 0 aliphatic carbocycles. The second kappa shape index (κ2) is 7.19. The molecule has 1 heterocycles. The Morgan fingerprint density at radius 2 is 1.91 bits per heavy atom. The summed E-state index contributed by atoms with van der Waals surface area (Å²) in [4.78, 5) is -0.0451. The van der Waals surface area contributed by atoms with Crippen LogP contribution in [0.1, 0.15) is 13.3 Å². The highest BCUT2D eigenvalue weighted by atomic mass is 35.5. The van der Waals surface area contributed by atoms with Gasteiger partial charge in [0.2, 0.25) is 0 Å². The molecule has 0 fully saturated rings. The zero-order valence-electron chi connectivity index (χ0n) is 11.7. The van der Waals surface area contributed by atoms with E-state index in [9.17, 15) is 13.5 Å². The number of aliphatic hydroxyl groups is 1. The Balaban J connectivity index is 2.50. The van der Waals surface area contributed by atoms with Crippen LogP contribution in [0.5, 0.6) is 0 Å². The molecule has 1 unspecified atom stereocenters. The molecule has 0 bridgehead atoms. The minimum atomic E-state index is -3.90. The van der Waals surface area contributed by atoms with E-state index >= 15 is 0 Å². The minimum Gasteiger partial charge on any atom is -0.391 e. The van der Waals surface area contributed by atoms with E-state index in [1.165, 1.54) is 6.07 Å². The first-order chi connectivity index (χ1) is 10.4. The minimum absolute atomic E-state index is 0.0451. The van der Waals surface area contributed by atoms with Crippen LogP contribution in [0.2, 0.25) is 8.67 Å². The van der Waals surface area contributed by atoms with Crippen molar-refractivity contribution in [1.82, 2.24) is 0 Å². The fourth-order valence-electron chi connectivity index (χ4n) is 1.88. The number of hydrogen-bond donors (Lipinski definition) is 1. The molecule has 1 N–H and O–H groups in total. The first kappa shape index (κ1) is 17.6. The topological polar surface area (TPSA) is 57.6 Å². The van der Waals surface area contributed by atoms with Crippen LogP contribution in [0, 0.1) is 0 Å². The highest BCUT2D eigenvalue weighted by Gasteiger charge is 2.30. The zero-order chi connectivity index (χ0) is 16.3. The molecule has 2 rings (SSSR count). The van der Waals surface area contributed by atoms with Gasteiger partial charge in [-0.2, -0.15) is 0 Å². The number of aliphatic hydroxyl groups excluding tert-OH is 1. The average molecular weight is 380 g/mol. The second-order valence-corrected chi connectivity index (χ2v) is 8.74. The Morgan fingerprint density at radius 3 is 2.41 bits per heavy atom. The van der Waals surface area contributed by atoms with Gasteiger partial charge in [-0.25, -0.2) is 8.42 Å². The van der Waals surface area contributed by atoms with Gasteiger partial charge in [-0.3, -0.25) is 4.31 Å². The molecule has 0 aliphatic rings. The van der Waals surface area contributed by atoms with Crippen molar-refractivity contribution in [3.8, 4) is 0 Å². The summed E-state index contributed by atoms with van der Waals surface area (Å²) in [6.45, 7) is 1.74. The zero-order valence-corrected chi connectivity index (χ0v) is 14.9. The summed E-state index contributed by atoms with van der Waals surface area (Å²) in [6, 6.07) is 9.93. The van der Waals surface area contributed by atoms with Crippen molar-refractivity contribution in [1.29, 1.82) is 0 Å². The van der Waals surface area contributed by atoms with Crippen LogP contribution in [-0.2, 0) is 10.0 Å². The van der Waals surface area contributed by atoms with E-state index in [2.05, 4.69) is 0 Å². The maximum absolute atomic E-state index is 12.9. The Morgan fingerprint density at radius 1 is 1.27 bits per heavy atom.